The van der Waals surface area contributed by atoms with Gasteiger partial charge in [0.2, 0.25) is 0 Å². The molecule has 1 aromatic carbocycles. The highest BCUT2D eigenvalue weighted by Gasteiger charge is 2.19. The number of rotatable bonds is 4. The molecule has 1 heterocycles. The molecule has 0 bridgehead atoms. The lowest BCUT2D eigenvalue weighted by atomic mass is 10.1. The third-order valence-electron chi connectivity index (χ3n) is 2.87. The molecule has 1 atom stereocenters. The van der Waals surface area contributed by atoms with Gasteiger partial charge < -0.3 is 14.5 Å². The average Bonchev–Trinajstić information content (AvgIpc) is 2.71. The lowest BCUT2D eigenvalue weighted by molar-refractivity contribution is -0.0161. The summed E-state index contributed by atoms with van der Waals surface area (Å²) in [6.07, 6.45) is 0. The average molecular weight is 282 g/mol. The third-order valence-corrected chi connectivity index (χ3v) is 3.11. The first-order chi connectivity index (χ1) is 8.89. The Balaban J connectivity index is 2.20. The Morgan fingerprint density at radius 2 is 2.05 bits per heavy atom. The van der Waals surface area contributed by atoms with Crippen molar-refractivity contribution in [1.29, 1.82) is 0 Å². The molecule has 0 aliphatic carbocycles. The first-order valence-corrected chi connectivity index (χ1v) is 6.77. The number of ether oxygens (including phenoxy) is 1. The summed E-state index contributed by atoms with van der Waals surface area (Å²) in [4.78, 5) is 0. The second kappa shape index (κ2) is 5.53. The van der Waals surface area contributed by atoms with E-state index in [1.165, 1.54) is 0 Å². The van der Waals surface area contributed by atoms with Gasteiger partial charge in [0, 0.05) is 10.4 Å². The Morgan fingerprint density at radius 3 is 2.68 bits per heavy atom. The lowest BCUT2D eigenvalue weighted by Gasteiger charge is -2.23. The lowest BCUT2D eigenvalue weighted by Crippen LogP contribution is -2.28. The van der Waals surface area contributed by atoms with Gasteiger partial charge in [0.1, 0.15) is 11.3 Å². The molecule has 2 aromatic rings. The number of fused-ring (bicyclic) bond motifs is 1. The van der Waals surface area contributed by atoms with E-state index >= 15 is 0 Å². The van der Waals surface area contributed by atoms with Crippen molar-refractivity contribution in [2.75, 3.05) is 13.7 Å². The van der Waals surface area contributed by atoms with Gasteiger partial charge in [-0.15, -0.1) is 0 Å². The van der Waals surface area contributed by atoms with Crippen LogP contribution in [0.5, 0.6) is 0 Å². The van der Waals surface area contributed by atoms with Crippen molar-refractivity contribution in [3.05, 3.63) is 35.0 Å². The first-order valence-electron chi connectivity index (χ1n) is 6.39. The molecule has 1 aromatic heterocycles. The molecule has 1 unspecified atom stereocenters. The summed E-state index contributed by atoms with van der Waals surface area (Å²) in [5.74, 6) is 0.865. The van der Waals surface area contributed by atoms with E-state index in [4.69, 9.17) is 20.8 Å². The number of hydrogen-bond donors (Lipinski definition) is 1. The number of likely N-dealkylation sites (N-methyl/N-ethyl adjacent to an activating group) is 1. The highest BCUT2D eigenvalue weighted by molar-refractivity contribution is 6.31. The molecule has 104 valence electrons. The second-order valence-corrected chi connectivity index (χ2v) is 6.03. The molecule has 3 nitrogen and oxygen atoms in total. The van der Waals surface area contributed by atoms with Crippen molar-refractivity contribution in [2.24, 2.45) is 0 Å². The maximum atomic E-state index is 5.98. The van der Waals surface area contributed by atoms with Gasteiger partial charge in [-0.05, 0) is 52.1 Å². The molecule has 0 amide bonds. The zero-order chi connectivity index (χ0) is 14.0. The van der Waals surface area contributed by atoms with Crippen LogP contribution in [0.15, 0.2) is 28.7 Å². The van der Waals surface area contributed by atoms with E-state index in [-0.39, 0.29) is 11.6 Å². The van der Waals surface area contributed by atoms with Crippen LogP contribution in [-0.4, -0.2) is 19.3 Å². The quantitative estimate of drug-likeness (QED) is 0.914. The zero-order valence-corrected chi connectivity index (χ0v) is 12.5. The topological polar surface area (TPSA) is 34.4 Å². The summed E-state index contributed by atoms with van der Waals surface area (Å²) in [6, 6.07) is 7.66. The highest BCUT2D eigenvalue weighted by Crippen LogP contribution is 2.27. The van der Waals surface area contributed by atoms with Crippen LogP contribution < -0.4 is 5.32 Å². The van der Waals surface area contributed by atoms with Gasteiger partial charge in [-0.1, -0.05) is 11.6 Å². The molecule has 0 saturated heterocycles. The predicted octanol–water partition coefficient (Wildman–Crippen LogP) is 4.16. The Kier molecular flexibility index (Phi) is 4.19. The van der Waals surface area contributed by atoms with E-state index in [2.05, 4.69) is 5.32 Å². The number of halogens is 1. The fourth-order valence-electron chi connectivity index (χ4n) is 1.85. The Labute approximate surface area is 118 Å². The van der Waals surface area contributed by atoms with Crippen LogP contribution in [0.4, 0.5) is 0 Å². The maximum absolute atomic E-state index is 5.98. The van der Waals surface area contributed by atoms with Crippen molar-refractivity contribution >= 4 is 22.6 Å². The minimum atomic E-state index is -0.162. The largest absolute Gasteiger partial charge is 0.459 e. The number of benzene rings is 1. The van der Waals surface area contributed by atoms with Gasteiger partial charge in [0.15, 0.2) is 0 Å². The smallest absolute Gasteiger partial charge is 0.134 e. The van der Waals surface area contributed by atoms with Gasteiger partial charge in [0.05, 0.1) is 18.2 Å². The van der Waals surface area contributed by atoms with Crippen LogP contribution in [0.3, 0.4) is 0 Å². The molecule has 0 aliphatic rings. The van der Waals surface area contributed by atoms with Crippen LogP contribution in [0, 0.1) is 0 Å². The SMILES string of the molecule is CNC(COC(C)(C)C)c1cc2cc(Cl)ccc2o1. The van der Waals surface area contributed by atoms with Crippen molar-refractivity contribution in [3.8, 4) is 0 Å². The van der Waals surface area contributed by atoms with Crippen LogP contribution in [0.25, 0.3) is 11.0 Å². The van der Waals surface area contributed by atoms with Gasteiger partial charge in [-0.2, -0.15) is 0 Å². The van der Waals surface area contributed by atoms with E-state index in [1.807, 2.05) is 52.1 Å². The fraction of sp³-hybridized carbons (Fsp3) is 0.467. The van der Waals surface area contributed by atoms with Crippen molar-refractivity contribution in [3.63, 3.8) is 0 Å². The number of nitrogens with one attached hydrogen (secondary N) is 1. The maximum Gasteiger partial charge on any atom is 0.134 e. The van der Waals surface area contributed by atoms with Gasteiger partial charge in [-0.3, -0.25) is 0 Å². The molecule has 0 aliphatic heterocycles. The van der Waals surface area contributed by atoms with Crippen LogP contribution in [-0.2, 0) is 4.74 Å². The molecule has 0 radical (unpaired) electrons. The molecule has 0 spiro atoms. The van der Waals surface area contributed by atoms with E-state index in [9.17, 15) is 0 Å². The Morgan fingerprint density at radius 1 is 1.32 bits per heavy atom. The molecule has 2 rings (SSSR count). The fourth-order valence-corrected chi connectivity index (χ4v) is 2.03. The number of hydrogen-bond acceptors (Lipinski definition) is 3. The summed E-state index contributed by atoms with van der Waals surface area (Å²) in [7, 11) is 1.90. The van der Waals surface area contributed by atoms with E-state index in [0.717, 1.165) is 16.7 Å². The molecule has 0 fully saturated rings. The molecule has 0 saturated carbocycles. The highest BCUT2D eigenvalue weighted by atomic mass is 35.5. The van der Waals surface area contributed by atoms with E-state index in [0.29, 0.717) is 11.6 Å². The summed E-state index contributed by atoms with van der Waals surface area (Å²) >= 11 is 5.98. The predicted molar refractivity (Wildman–Crippen MR) is 78.7 cm³/mol. The summed E-state index contributed by atoms with van der Waals surface area (Å²) < 4.78 is 11.6. The zero-order valence-electron chi connectivity index (χ0n) is 11.8. The molecular weight excluding hydrogens is 262 g/mol. The summed E-state index contributed by atoms with van der Waals surface area (Å²) in [5, 5.41) is 4.94. The van der Waals surface area contributed by atoms with Crippen LogP contribution in [0.1, 0.15) is 32.6 Å². The molecular formula is C15H20ClNO2. The van der Waals surface area contributed by atoms with Crippen molar-refractivity contribution < 1.29 is 9.15 Å². The van der Waals surface area contributed by atoms with Crippen LogP contribution in [0.2, 0.25) is 5.02 Å². The third kappa shape index (κ3) is 3.72. The summed E-state index contributed by atoms with van der Waals surface area (Å²) in [6.45, 7) is 6.68. The molecule has 19 heavy (non-hydrogen) atoms. The van der Waals surface area contributed by atoms with Gasteiger partial charge >= 0.3 is 0 Å². The summed E-state index contributed by atoms with van der Waals surface area (Å²) in [5.41, 5.74) is 0.681. The van der Waals surface area contributed by atoms with Gasteiger partial charge in [0.25, 0.3) is 0 Å². The first kappa shape index (κ1) is 14.4. The second-order valence-electron chi connectivity index (χ2n) is 5.60. The standard InChI is InChI=1S/C15H20ClNO2/c1-15(2,3)18-9-12(17-4)14-8-10-7-11(16)5-6-13(10)19-14/h5-8,12,17H,9H2,1-4H3. The number of furan rings is 1. The minimum Gasteiger partial charge on any atom is -0.459 e. The van der Waals surface area contributed by atoms with Crippen LogP contribution >= 0.6 is 11.6 Å². The van der Waals surface area contributed by atoms with Crippen molar-refractivity contribution in [1.82, 2.24) is 5.32 Å². The minimum absolute atomic E-state index is 0.0328. The molecule has 1 N–H and O–H groups in total. The van der Waals surface area contributed by atoms with Crippen molar-refractivity contribution in [2.45, 2.75) is 32.4 Å². The normalized spacial score (nSPS) is 13.9. The van der Waals surface area contributed by atoms with Gasteiger partial charge in [-0.25, -0.2) is 0 Å². The molecule has 4 heteroatoms. The Hall–Kier alpha value is -1.03. The Bertz CT molecular complexity index is 557. The van der Waals surface area contributed by atoms with E-state index < -0.39 is 0 Å². The van der Waals surface area contributed by atoms with E-state index in [1.54, 1.807) is 0 Å². The monoisotopic (exact) mass is 281 g/mol.